The third-order valence-electron chi connectivity index (χ3n) is 6.29. The van der Waals surface area contributed by atoms with E-state index in [9.17, 15) is 13.2 Å². The number of rotatable bonds is 6. The third-order valence-corrected chi connectivity index (χ3v) is 9.33. The van der Waals surface area contributed by atoms with E-state index in [2.05, 4.69) is 5.32 Å². The Labute approximate surface area is 197 Å². The van der Waals surface area contributed by atoms with Crippen LogP contribution in [-0.4, -0.2) is 27.5 Å². The summed E-state index contributed by atoms with van der Waals surface area (Å²) in [5, 5.41) is 4.45. The lowest BCUT2D eigenvalue weighted by Crippen LogP contribution is -2.24. The summed E-state index contributed by atoms with van der Waals surface area (Å²) in [5.41, 5.74) is 1.22. The molecular formula is C25H25NO5S2. The van der Waals surface area contributed by atoms with Crippen LogP contribution in [0.15, 0.2) is 63.7 Å². The zero-order valence-corrected chi connectivity index (χ0v) is 19.9. The summed E-state index contributed by atoms with van der Waals surface area (Å²) in [6, 6.07) is 14.0. The minimum atomic E-state index is -3.77. The second-order valence-electron chi connectivity index (χ2n) is 8.36. The molecule has 1 amide bonds. The maximum absolute atomic E-state index is 13.3. The van der Waals surface area contributed by atoms with Crippen LogP contribution in [0.1, 0.15) is 48.5 Å². The highest BCUT2D eigenvalue weighted by Gasteiger charge is 2.36. The van der Waals surface area contributed by atoms with Gasteiger partial charge >= 0.3 is 0 Å². The molecule has 2 aliphatic rings. The second-order valence-corrected chi connectivity index (χ2v) is 11.2. The highest BCUT2D eigenvalue weighted by atomic mass is 32.2. The van der Waals surface area contributed by atoms with E-state index in [4.69, 9.17) is 9.47 Å². The highest BCUT2D eigenvalue weighted by molar-refractivity contribution is 7.91. The summed E-state index contributed by atoms with van der Waals surface area (Å²) in [6.07, 6.45) is 4.59. The number of para-hydroxylation sites is 1. The van der Waals surface area contributed by atoms with Crippen LogP contribution in [-0.2, 0) is 14.6 Å². The van der Waals surface area contributed by atoms with Gasteiger partial charge in [-0.1, -0.05) is 30.3 Å². The Balaban J connectivity index is 1.60. The SMILES string of the molecule is COc1cccc(C2CC(=O)Nc3c(S(=O)(=O)c4ccccc4)csc32)c1OC1CCCC1. The molecule has 5 rings (SSSR count). The van der Waals surface area contributed by atoms with Crippen LogP contribution >= 0.6 is 11.3 Å². The number of benzene rings is 2. The molecule has 6 nitrogen and oxygen atoms in total. The van der Waals surface area contributed by atoms with Gasteiger partial charge < -0.3 is 14.8 Å². The molecule has 2 heterocycles. The quantitative estimate of drug-likeness (QED) is 0.509. The highest BCUT2D eigenvalue weighted by Crippen LogP contribution is 2.49. The van der Waals surface area contributed by atoms with E-state index in [1.807, 2.05) is 18.2 Å². The number of methoxy groups -OCH3 is 1. The van der Waals surface area contributed by atoms with Crippen LogP contribution in [0.2, 0.25) is 0 Å². The number of nitrogens with one attached hydrogen (secondary N) is 1. The number of hydrogen-bond acceptors (Lipinski definition) is 6. The van der Waals surface area contributed by atoms with Gasteiger partial charge in [0.2, 0.25) is 15.7 Å². The Morgan fingerprint density at radius 2 is 1.79 bits per heavy atom. The zero-order valence-electron chi connectivity index (χ0n) is 18.2. The number of carbonyl (C=O) groups is 1. The van der Waals surface area contributed by atoms with Crippen LogP contribution in [0.25, 0.3) is 0 Å². The predicted octanol–water partition coefficient (Wildman–Crippen LogP) is 5.39. The average Bonchev–Trinajstić information content (AvgIpc) is 3.49. The van der Waals surface area contributed by atoms with Gasteiger partial charge in [0.1, 0.15) is 4.90 Å². The Morgan fingerprint density at radius 3 is 2.52 bits per heavy atom. The Bertz CT molecular complexity index is 1280. The fourth-order valence-corrected chi connectivity index (χ4v) is 7.57. The molecule has 1 unspecified atom stereocenters. The smallest absolute Gasteiger partial charge is 0.225 e. The first-order valence-electron chi connectivity index (χ1n) is 11.0. The fraction of sp³-hybridized carbons (Fsp3) is 0.320. The number of amides is 1. The van der Waals surface area contributed by atoms with E-state index in [0.717, 1.165) is 36.1 Å². The molecular weight excluding hydrogens is 458 g/mol. The number of sulfone groups is 1. The maximum Gasteiger partial charge on any atom is 0.225 e. The first-order chi connectivity index (χ1) is 16.0. The molecule has 1 aliphatic carbocycles. The van der Waals surface area contributed by atoms with Gasteiger partial charge in [0.05, 0.1) is 23.8 Å². The Hall–Kier alpha value is -2.84. The van der Waals surface area contributed by atoms with Gasteiger partial charge in [-0.2, -0.15) is 0 Å². The largest absolute Gasteiger partial charge is 0.493 e. The molecule has 0 saturated heterocycles. The molecule has 1 N–H and O–H groups in total. The monoisotopic (exact) mass is 483 g/mol. The minimum Gasteiger partial charge on any atom is -0.493 e. The molecule has 8 heteroatoms. The van der Waals surface area contributed by atoms with Crippen molar-refractivity contribution in [1.29, 1.82) is 0 Å². The van der Waals surface area contributed by atoms with Crippen molar-refractivity contribution in [2.75, 3.05) is 12.4 Å². The molecule has 0 radical (unpaired) electrons. The lowest BCUT2D eigenvalue weighted by Gasteiger charge is -2.27. The van der Waals surface area contributed by atoms with Crippen LogP contribution in [0.3, 0.4) is 0 Å². The number of ether oxygens (including phenoxy) is 2. The lowest BCUT2D eigenvalue weighted by molar-refractivity contribution is -0.116. The Morgan fingerprint density at radius 1 is 1.03 bits per heavy atom. The summed E-state index contributed by atoms with van der Waals surface area (Å²) < 4.78 is 38.7. The molecule has 1 aromatic heterocycles. The summed E-state index contributed by atoms with van der Waals surface area (Å²) in [4.78, 5) is 13.9. The molecule has 1 atom stereocenters. The first kappa shape index (κ1) is 22.0. The number of anilines is 1. The number of hydrogen-bond donors (Lipinski definition) is 1. The molecule has 0 bridgehead atoms. The standard InChI is InChI=1S/C25H25NO5S2/c1-30-20-13-7-12-18(24(20)31-16-8-5-6-9-16)19-14-22(27)26-23-21(15-32-25(19)23)33(28,29)17-10-3-2-4-11-17/h2-4,7,10-13,15-16,19H,5-6,8-9,14H2,1H3,(H,26,27). The summed E-state index contributed by atoms with van der Waals surface area (Å²) in [7, 11) is -2.16. The second kappa shape index (κ2) is 8.83. The lowest BCUT2D eigenvalue weighted by atomic mass is 9.89. The molecule has 172 valence electrons. The van der Waals surface area contributed by atoms with Crippen LogP contribution in [0.4, 0.5) is 5.69 Å². The molecule has 1 fully saturated rings. The van der Waals surface area contributed by atoms with E-state index in [-0.39, 0.29) is 34.1 Å². The van der Waals surface area contributed by atoms with Crippen molar-refractivity contribution in [2.45, 2.75) is 53.9 Å². The van der Waals surface area contributed by atoms with E-state index >= 15 is 0 Å². The molecule has 1 aliphatic heterocycles. The Kier molecular flexibility index (Phi) is 5.88. The van der Waals surface area contributed by atoms with Gasteiger partial charge in [0.15, 0.2) is 11.5 Å². The summed E-state index contributed by atoms with van der Waals surface area (Å²) in [6.45, 7) is 0. The van der Waals surface area contributed by atoms with Crippen molar-refractivity contribution in [2.24, 2.45) is 0 Å². The van der Waals surface area contributed by atoms with Crippen LogP contribution in [0.5, 0.6) is 11.5 Å². The van der Waals surface area contributed by atoms with E-state index in [1.54, 1.807) is 42.8 Å². The van der Waals surface area contributed by atoms with Crippen molar-refractivity contribution in [3.63, 3.8) is 0 Å². The van der Waals surface area contributed by atoms with E-state index in [1.165, 1.54) is 11.3 Å². The number of carbonyl (C=O) groups excluding carboxylic acids is 1. The van der Waals surface area contributed by atoms with Gasteiger partial charge in [-0.15, -0.1) is 11.3 Å². The van der Waals surface area contributed by atoms with Gasteiger partial charge in [0.25, 0.3) is 0 Å². The van der Waals surface area contributed by atoms with E-state index in [0.29, 0.717) is 17.2 Å². The normalized spacial score (nSPS) is 18.6. The zero-order chi connectivity index (χ0) is 23.0. The van der Waals surface area contributed by atoms with Crippen molar-refractivity contribution >= 4 is 32.8 Å². The van der Waals surface area contributed by atoms with Crippen LogP contribution < -0.4 is 14.8 Å². The van der Waals surface area contributed by atoms with Gasteiger partial charge in [-0.05, 0) is 43.9 Å². The van der Waals surface area contributed by atoms with Crippen molar-refractivity contribution in [3.8, 4) is 11.5 Å². The topological polar surface area (TPSA) is 81.7 Å². The molecule has 0 spiro atoms. The van der Waals surface area contributed by atoms with Crippen molar-refractivity contribution in [1.82, 2.24) is 0 Å². The van der Waals surface area contributed by atoms with E-state index < -0.39 is 9.84 Å². The summed E-state index contributed by atoms with van der Waals surface area (Å²) >= 11 is 1.35. The minimum absolute atomic E-state index is 0.120. The molecule has 3 aromatic rings. The van der Waals surface area contributed by atoms with Gasteiger partial charge in [-0.3, -0.25) is 4.79 Å². The van der Waals surface area contributed by atoms with Crippen molar-refractivity contribution in [3.05, 3.63) is 64.4 Å². The van der Waals surface area contributed by atoms with Crippen LogP contribution in [0, 0.1) is 0 Å². The van der Waals surface area contributed by atoms with Gasteiger partial charge in [0, 0.05) is 28.2 Å². The maximum atomic E-state index is 13.3. The van der Waals surface area contributed by atoms with Crippen molar-refractivity contribution < 1.29 is 22.7 Å². The number of thiophene rings is 1. The number of fused-ring (bicyclic) bond motifs is 1. The van der Waals surface area contributed by atoms with Gasteiger partial charge in [-0.25, -0.2) is 8.42 Å². The molecule has 1 saturated carbocycles. The average molecular weight is 484 g/mol. The predicted molar refractivity (Wildman–Crippen MR) is 127 cm³/mol. The molecule has 33 heavy (non-hydrogen) atoms. The first-order valence-corrected chi connectivity index (χ1v) is 13.4. The fourth-order valence-electron chi connectivity index (χ4n) is 4.65. The molecule has 2 aromatic carbocycles. The summed E-state index contributed by atoms with van der Waals surface area (Å²) in [5.74, 6) is 0.744. The third kappa shape index (κ3) is 4.02.